The molecule has 0 aliphatic heterocycles. The largest absolute Gasteiger partial charge is 0.361 e. The molecule has 0 aliphatic rings. The van der Waals surface area contributed by atoms with Crippen molar-refractivity contribution in [2.24, 2.45) is 5.73 Å². The molecule has 1 amide bonds. The van der Waals surface area contributed by atoms with Crippen LogP contribution in [0.2, 0.25) is 0 Å². The third-order valence-electron chi connectivity index (χ3n) is 1.42. The van der Waals surface area contributed by atoms with Crippen LogP contribution in [0.15, 0.2) is 11.2 Å². The SMILES string of the molecule is CS(C)(C(N)=O)c1cn[nH]n1. The van der Waals surface area contributed by atoms with Crippen molar-refractivity contribution >= 4 is 15.3 Å². The highest BCUT2D eigenvalue weighted by Gasteiger charge is 2.23. The number of amides is 1. The van der Waals surface area contributed by atoms with Crippen LogP contribution in [0, 0.1) is 0 Å². The fourth-order valence-corrected chi connectivity index (χ4v) is 1.33. The Bertz CT molecular complexity index is 255. The van der Waals surface area contributed by atoms with Gasteiger partial charge in [-0.05, 0) is 12.5 Å². The minimum atomic E-state index is -1.60. The van der Waals surface area contributed by atoms with Crippen LogP contribution >= 0.6 is 10.0 Å². The van der Waals surface area contributed by atoms with Gasteiger partial charge in [0.2, 0.25) is 0 Å². The summed E-state index contributed by atoms with van der Waals surface area (Å²) >= 11 is 0. The first-order chi connectivity index (χ1) is 5.05. The van der Waals surface area contributed by atoms with Gasteiger partial charge in [-0.3, -0.25) is 4.79 Å². The molecule has 0 bridgehead atoms. The van der Waals surface area contributed by atoms with E-state index in [1.165, 1.54) is 6.20 Å². The number of primary amides is 1. The Morgan fingerprint density at radius 1 is 1.73 bits per heavy atom. The number of hydrogen-bond acceptors (Lipinski definition) is 3. The molecule has 0 atom stereocenters. The van der Waals surface area contributed by atoms with Gasteiger partial charge in [0.25, 0.3) is 5.24 Å². The average molecular weight is 174 g/mol. The summed E-state index contributed by atoms with van der Waals surface area (Å²) in [6, 6.07) is 0. The fourth-order valence-electron chi connectivity index (χ4n) is 0.540. The fraction of sp³-hybridized carbons (Fsp3) is 0.400. The lowest BCUT2D eigenvalue weighted by Crippen LogP contribution is -2.17. The van der Waals surface area contributed by atoms with Crippen molar-refractivity contribution in [3.05, 3.63) is 6.20 Å². The molecule has 0 saturated heterocycles. The van der Waals surface area contributed by atoms with E-state index in [2.05, 4.69) is 15.4 Å². The lowest BCUT2D eigenvalue weighted by molar-refractivity contribution is 0.266. The summed E-state index contributed by atoms with van der Waals surface area (Å²) in [5.74, 6) is 0. The van der Waals surface area contributed by atoms with E-state index in [9.17, 15) is 4.79 Å². The van der Waals surface area contributed by atoms with Gasteiger partial charge in [0.05, 0.1) is 6.20 Å². The number of aromatic nitrogens is 3. The highest BCUT2D eigenvalue weighted by atomic mass is 32.3. The van der Waals surface area contributed by atoms with Crippen molar-refractivity contribution in [1.82, 2.24) is 15.4 Å². The third kappa shape index (κ3) is 1.35. The van der Waals surface area contributed by atoms with E-state index >= 15 is 0 Å². The molecule has 0 aromatic carbocycles. The minimum absolute atomic E-state index is 0.327. The van der Waals surface area contributed by atoms with Crippen LogP contribution in [0.3, 0.4) is 0 Å². The van der Waals surface area contributed by atoms with Crippen LogP contribution in [0.4, 0.5) is 4.79 Å². The molecular formula is C5H10N4OS. The molecule has 0 saturated carbocycles. The Morgan fingerprint density at radius 2 is 2.36 bits per heavy atom. The normalized spacial score (nSPS) is 12.9. The second kappa shape index (κ2) is 2.54. The second-order valence-electron chi connectivity index (χ2n) is 2.45. The zero-order valence-electron chi connectivity index (χ0n) is 6.37. The van der Waals surface area contributed by atoms with E-state index in [-0.39, 0.29) is 5.24 Å². The molecule has 0 spiro atoms. The number of nitrogens with two attached hydrogens (primary N) is 1. The van der Waals surface area contributed by atoms with Gasteiger partial charge >= 0.3 is 0 Å². The molecule has 3 N–H and O–H groups in total. The predicted octanol–water partition coefficient (Wildman–Crippen LogP) is 0.307. The maximum absolute atomic E-state index is 10.9. The molecule has 0 radical (unpaired) electrons. The maximum atomic E-state index is 10.9. The molecule has 0 aliphatic carbocycles. The van der Waals surface area contributed by atoms with Crippen LogP contribution in [0.25, 0.3) is 0 Å². The minimum Gasteiger partial charge on any atom is -0.361 e. The summed E-state index contributed by atoms with van der Waals surface area (Å²) in [5, 5.41) is 10.2. The standard InChI is InChI=1S/C5H10N4OS/c1-11(2,5(6)10)4-3-7-9-8-4/h3H,1-2H3,(H2,6,10)(H,7,8,9). The summed E-state index contributed by atoms with van der Waals surface area (Å²) in [5.41, 5.74) is 5.18. The summed E-state index contributed by atoms with van der Waals surface area (Å²) in [6.45, 7) is 0. The second-order valence-corrected chi connectivity index (χ2v) is 5.93. The van der Waals surface area contributed by atoms with Gasteiger partial charge in [0, 0.05) is 0 Å². The molecule has 1 heterocycles. The van der Waals surface area contributed by atoms with Crippen molar-refractivity contribution in [1.29, 1.82) is 0 Å². The van der Waals surface area contributed by atoms with Gasteiger partial charge in [-0.25, -0.2) is 0 Å². The van der Waals surface area contributed by atoms with Crippen LogP contribution in [-0.2, 0) is 0 Å². The Balaban J connectivity index is 3.00. The molecule has 0 fully saturated rings. The summed E-state index contributed by atoms with van der Waals surface area (Å²) in [6.07, 6.45) is 5.10. The van der Waals surface area contributed by atoms with Crippen LogP contribution < -0.4 is 5.73 Å². The zero-order valence-corrected chi connectivity index (χ0v) is 7.18. The number of aromatic amines is 1. The average Bonchev–Trinajstić information content (AvgIpc) is 2.37. The number of hydrogen-bond donors (Lipinski definition) is 2. The van der Waals surface area contributed by atoms with Crippen molar-refractivity contribution < 1.29 is 4.79 Å². The van der Waals surface area contributed by atoms with E-state index < -0.39 is 10.0 Å². The molecule has 5 nitrogen and oxygen atoms in total. The number of nitrogens with zero attached hydrogens (tertiary/aromatic N) is 2. The molecule has 1 rings (SSSR count). The Morgan fingerprint density at radius 3 is 2.73 bits per heavy atom. The number of rotatable bonds is 1. The first-order valence-corrected chi connectivity index (χ1v) is 5.38. The smallest absolute Gasteiger partial charge is 0.264 e. The van der Waals surface area contributed by atoms with Crippen molar-refractivity contribution in [3.63, 3.8) is 0 Å². The van der Waals surface area contributed by atoms with Crippen molar-refractivity contribution in [2.45, 2.75) is 5.03 Å². The van der Waals surface area contributed by atoms with Crippen molar-refractivity contribution in [3.8, 4) is 0 Å². The van der Waals surface area contributed by atoms with Gasteiger partial charge in [-0.15, -0.1) is 10.0 Å². The first kappa shape index (κ1) is 8.06. The van der Waals surface area contributed by atoms with Crippen molar-refractivity contribution in [2.75, 3.05) is 12.5 Å². The van der Waals surface area contributed by atoms with Crippen LogP contribution in [-0.4, -0.2) is 33.2 Å². The lowest BCUT2D eigenvalue weighted by atomic mass is 10.9. The highest BCUT2D eigenvalue weighted by Crippen LogP contribution is 2.46. The summed E-state index contributed by atoms with van der Waals surface area (Å²) in [4.78, 5) is 10.9. The third-order valence-corrected chi connectivity index (χ3v) is 3.67. The van der Waals surface area contributed by atoms with E-state index in [0.29, 0.717) is 5.03 Å². The van der Waals surface area contributed by atoms with E-state index in [1.54, 1.807) is 12.5 Å². The number of carbonyl (C=O) groups excluding carboxylic acids is 1. The van der Waals surface area contributed by atoms with Gasteiger partial charge in [-0.2, -0.15) is 15.4 Å². The highest BCUT2D eigenvalue weighted by molar-refractivity contribution is 8.44. The molecule has 1 aromatic heterocycles. The van der Waals surface area contributed by atoms with Crippen LogP contribution in [0.1, 0.15) is 0 Å². The maximum Gasteiger partial charge on any atom is 0.264 e. The number of nitrogens with one attached hydrogen (secondary N) is 1. The van der Waals surface area contributed by atoms with E-state index in [0.717, 1.165) is 0 Å². The lowest BCUT2D eigenvalue weighted by Gasteiger charge is -2.22. The van der Waals surface area contributed by atoms with E-state index in [4.69, 9.17) is 5.73 Å². The van der Waals surface area contributed by atoms with Gasteiger partial charge in [0.15, 0.2) is 0 Å². The van der Waals surface area contributed by atoms with Gasteiger partial charge in [0.1, 0.15) is 5.03 Å². The number of H-pyrrole nitrogens is 1. The summed E-state index contributed by atoms with van der Waals surface area (Å²) in [7, 11) is -1.60. The van der Waals surface area contributed by atoms with Gasteiger partial charge < -0.3 is 5.73 Å². The molecule has 0 unspecified atom stereocenters. The topological polar surface area (TPSA) is 84.7 Å². The number of carbonyl (C=O) groups is 1. The molecular weight excluding hydrogens is 164 g/mol. The monoisotopic (exact) mass is 174 g/mol. The molecule has 6 heteroatoms. The Labute approximate surface area is 65.7 Å². The molecule has 11 heavy (non-hydrogen) atoms. The first-order valence-electron chi connectivity index (χ1n) is 2.94. The Hall–Kier alpha value is -1.04. The molecule has 62 valence electrons. The van der Waals surface area contributed by atoms with Gasteiger partial charge in [-0.1, -0.05) is 0 Å². The van der Waals surface area contributed by atoms with E-state index in [1.807, 2.05) is 0 Å². The Kier molecular flexibility index (Phi) is 1.86. The zero-order chi connectivity index (χ0) is 8.48. The summed E-state index contributed by atoms with van der Waals surface area (Å²) < 4.78 is 0. The quantitative estimate of drug-likeness (QED) is 0.642. The molecule has 1 aromatic rings. The van der Waals surface area contributed by atoms with Crippen LogP contribution in [0.5, 0.6) is 0 Å². The predicted molar refractivity (Wildman–Crippen MR) is 43.7 cm³/mol.